The number of fused-ring (bicyclic) bond motifs is 3. The molecule has 1 saturated carbocycles. The lowest BCUT2D eigenvalue weighted by Gasteiger charge is -2.38. The van der Waals surface area contributed by atoms with E-state index in [0.717, 1.165) is 55.8 Å². The Kier molecular flexibility index (Phi) is 6.74. The summed E-state index contributed by atoms with van der Waals surface area (Å²) >= 11 is 0. The van der Waals surface area contributed by atoms with Gasteiger partial charge in [0.25, 0.3) is 0 Å². The van der Waals surface area contributed by atoms with Crippen LogP contribution in [-0.4, -0.2) is 66.0 Å². The number of ether oxygens (including phenoxy) is 2. The number of carbonyl (C=O) groups is 2. The first-order chi connectivity index (χ1) is 16.1. The zero-order valence-corrected chi connectivity index (χ0v) is 19.1. The molecule has 0 radical (unpaired) electrons. The van der Waals surface area contributed by atoms with Gasteiger partial charge in [0.05, 0.1) is 19.1 Å². The first kappa shape index (κ1) is 22.5. The fourth-order valence-corrected chi connectivity index (χ4v) is 5.86. The zero-order chi connectivity index (χ0) is 22.8. The van der Waals surface area contributed by atoms with Crippen molar-refractivity contribution in [1.82, 2.24) is 10.2 Å². The van der Waals surface area contributed by atoms with Crippen LogP contribution >= 0.6 is 0 Å². The molecule has 180 valence electrons. The summed E-state index contributed by atoms with van der Waals surface area (Å²) in [4.78, 5) is 27.2. The number of likely N-dealkylation sites (tertiary alicyclic amines) is 1. The fourth-order valence-electron chi connectivity index (χ4n) is 5.86. The van der Waals surface area contributed by atoms with Crippen LogP contribution in [0, 0.1) is 0 Å². The minimum absolute atomic E-state index is 0.0182. The Balaban J connectivity index is 1.26. The number of carbonyl (C=O) groups excluding carboxylic acids is 2. The van der Waals surface area contributed by atoms with Crippen molar-refractivity contribution in [3.63, 3.8) is 0 Å². The van der Waals surface area contributed by atoms with Crippen LogP contribution in [0.2, 0.25) is 0 Å². The van der Waals surface area contributed by atoms with Crippen molar-refractivity contribution in [1.29, 1.82) is 0 Å². The molecule has 5 rings (SSSR count). The Bertz CT molecular complexity index is 866. The number of amides is 3. The van der Waals surface area contributed by atoms with Crippen LogP contribution in [0.5, 0.6) is 5.75 Å². The maximum atomic E-state index is 12.8. The third-order valence-corrected chi connectivity index (χ3v) is 7.56. The van der Waals surface area contributed by atoms with E-state index >= 15 is 0 Å². The van der Waals surface area contributed by atoms with Gasteiger partial charge >= 0.3 is 6.03 Å². The number of aliphatic hydroxyl groups is 1. The summed E-state index contributed by atoms with van der Waals surface area (Å²) in [6.45, 7) is 1.49. The highest BCUT2D eigenvalue weighted by molar-refractivity contribution is 5.89. The van der Waals surface area contributed by atoms with Crippen LogP contribution in [0.25, 0.3) is 0 Å². The Hall–Kier alpha value is -2.32. The molecule has 8 heteroatoms. The topological polar surface area (TPSA) is 100 Å². The molecule has 4 aliphatic rings. The minimum atomic E-state index is -0.475. The highest BCUT2D eigenvalue weighted by Gasteiger charge is 2.46. The quantitative estimate of drug-likeness (QED) is 0.631. The largest absolute Gasteiger partial charge is 0.487 e. The number of benzene rings is 1. The minimum Gasteiger partial charge on any atom is -0.487 e. The third kappa shape index (κ3) is 4.96. The average molecular weight is 458 g/mol. The van der Waals surface area contributed by atoms with Crippen LogP contribution in [0.3, 0.4) is 0 Å². The highest BCUT2D eigenvalue weighted by Crippen LogP contribution is 2.47. The Labute approximate surface area is 195 Å². The zero-order valence-electron chi connectivity index (χ0n) is 19.1. The molecule has 3 heterocycles. The van der Waals surface area contributed by atoms with Crippen molar-refractivity contribution in [3.05, 3.63) is 23.8 Å². The summed E-state index contributed by atoms with van der Waals surface area (Å²) in [7, 11) is 0. The lowest BCUT2D eigenvalue weighted by Crippen LogP contribution is -2.48. The van der Waals surface area contributed by atoms with Gasteiger partial charge in [-0.2, -0.15) is 0 Å². The normalized spacial score (nSPS) is 29.2. The van der Waals surface area contributed by atoms with Crippen LogP contribution in [0.4, 0.5) is 10.5 Å². The Morgan fingerprint density at radius 1 is 1.09 bits per heavy atom. The van der Waals surface area contributed by atoms with Gasteiger partial charge in [-0.3, -0.25) is 4.79 Å². The molecule has 1 aromatic carbocycles. The van der Waals surface area contributed by atoms with Crippen LogP contribution < -0.4 is 15.4 Å². The molecule has 0 aromatic heterocycles. The second-order valence-corrected chi connectivity index (χ2v) is 9.88. The first-order valence-electron chi connectivity index (χ1n) is 12.5. The Morgan fingerprint density at radius 3 is 2.64 bits per heavy atom. The summed E-state index contributed by atoms with van der Waals surface area (Å²) < 4.78 is 12.3. The van der Waals surface area contributed by atoms with Gasteiger partial charge in [0.2, 0.25) is 5.91 Å². The van der Waals surface area contributed by atoms with Gasteiger partial charge in [-0.1, -0.05) is 12.8 Å². The molecule has 3 aliphatic heterocycles. The smallest absolute Gasteiger partial charge is 0.319 e. The van der Waals surface area contributed by atoms with Gasteiger partial charge in [0.1, 0.15) is 18.0 Å². The highest BCUT2D eigenvalue weighted by atomic mass is 16.6. The van der Waals surface area contributed by atoms with Gasteiger partial charge in [0.15, 0.2) is 0 Å². The molecule has 8 nitrogen and oxygen atoms in total. The van der Waals surface area contributed by atoms with E-state index in [4.69, 9.17) is 9.47 Å². The summed E-state index contributed by atoms with van der Waals surface area (Å²) in [6.07, 6.45) is 7.69. The molecule has 2 saturated heterocycles. The second-order valence-electron chi connectivity index (χ2n) is 9.88. The molecule has 1 aliphatic carbocycles. The maximum Gasteiger partial charge on any atom is 0.319 e. The van der Waals surface area contributed by atoms with Crippen molar-refractivity contribution in [2.24, 2.45) is 0 Å². The number of nitrogens with zero attached hydrogens (tertiary/aromatic N) is 1. The molecule has 0 spiro atoms. The predicted octanol–water partition coefficient (Wildman–Crippen LogP) is 3.15. The standard InChI is InChI=1S/C25H35N3O5/c29-15-22-24-20(13-18(32-22)14-23(30)28-10-4-1-5-11-28)19-12-17(8-9-21(19)33-24)27-25(31)26-16-6-2-3-7-16/h8-9,12,16,18,20,22,24,29H,1-7,10-11,13-15H2,(H2,26,27,31)/t18-,20-,22+,24+/m0/s1. The van der Waals surface area contributed by atoms with E-state index in [1.807, 2.05) is 23.1 Å². The van der Waals surface area contributed by atoms with Crippen LogP contribution in [0.15, 0.2) is 18.2 Å². The predicted molar refractivity (Wildman–Crippen MR) is 123 cm³/mol. The van der Waals surface area contributed by atoms with Crippen molar-refractivity contribution in [2.45, 2.75) is 88.1 Å². The molecule has 4 atom stereocenters. The number of anilines is 1. The van der Waals surface area contributed by atoms with E-state index in [-0.39, 0.29) is 42.7 Å². The molecule has 3 fully saturated rings. The van der Waals surface area contributed by atoms with Gasteiger partial charge in [0, 0.05) is 36.3 Å². The molecule has 3 amide bonds. The van der Waals surface area contributed by atoms with Gasteiger partial charge in [-0.25, -0.2) is 4.79 Å². The summed E-state index contributed by atoms with van der Waals surface area (Å²) in [5, 5.41) is 16.0. The summed E-state index contributed by atoms with van der Waals surface area (Å²) in [5.41, 5.74) is 1.73. The van der Waals surface area contributed by atoms with E-state index in [0.29, 0.717) is 12.8 Å². The average Bonchev–Trinajstić information content (AvgIpc) is 3.46. The lowest BCUT2D eigenvalue weighted by molar-refractivity contribution is -0.149. The molecule has 0 bridgehead atoms. The molecule has 33 heavy (non-hydrogen) atoms. The van der Waals surface area contributed by atoms with Crippen LogP contribution in [-0.2, 0) is 9.53 Å². The molecular formula is C25H35N3O5. The molecule has 3 N–H and O–H groups in total. The molecule has 0 unspecified atom stereocenters. The van der Waals surface area contributed by atoms with Gasteiger partial charge < -0.3 is 30.1 Å². The number of rotatable bonds is 5. The number of piperidine rings is 1. The summed E-state index contributed by atoms with van der Waals surface area (Å²) in [5.74, 6) is 0.912. The number of nitrogens with one attached hydrogen (secondary N) is 2. The number of hydrogen-bond donors (Lipinski definition) is 3. The fraction of sp³-hybridized carbons (Fsp3) is 0.680. The molecule has 1 aromatic rings. The number of aliphatic hydroxyl groups excluding tert-OH is 1. The molecular weight excluding hydrogens is 422 g/mol. The monoisotopic (exact) mass is 457 g/mol. The second kappa shape index (κ2) is 9.89. The van der Waals surface area contributed by atoms with Gasteiger partial charge in [-0.15, -0.1) is 0 Å². The first-order valence-corrected chi connectivity index (χ1v) is 12.5. The van der Waals surface area contributed by atoms with E-state index in [9.17, 15) is 14.7 Å². The van der Waals surface area contributed by atoms with Gasteiger partial charge in [-0.05, 0) is 56.7 Å². The van der Waals surface area contributed by atoms with E-state index in [1.165, 1.54) is 19.3 Å². The summed E-state index contributed by atoms with van der Waals surface area (Å²) in [6, 6.07) is 5.77. The lowest BCUT2D eigenvalue weighted by atomic mass is 9.84. The van der Waals surface area contributed by atoms with E-state index < -0.39 is 6.10 Å². The van der Waals surface area contributed by atoms with E-state index in [1.54, 1.807) is 0 Å². The SMILES string of the molecule is O=C(Nc1ccc2c(c1)[C@@H]1C[C@@H](CC(=O)N3CCCCC3)O[C@H](CO)[C@@H]1O2)NC1CCCC1. The number of hydrogen-bond acceptors (Lipinski definition) is 5. The van der Waals surface area contributed by atoms with Crippen molar-refractivity contribution in [3.8, 4) is 5.75 Å². The van der Waals surface area contributed by atoms with Crippen molar-refractivity contribution < 1.29 is 24.2 Å². The third-order valence-electron chi connectivity index (χ3n) is 7.56. The Morgan fingerprint density at radius 2 is 1.88 bits per heavy atom. The maximum absolute atomic E-state index is 12.8. The van der Waals surface area contributed by atoms with E-state index in [2.05, 4.69) is 10.6 Å². The number of urea groups is 1. The van der Waals surface area contributed by atoms with Crippen LogP contribution in [0.1, 0.15) is 69.3 Å². The van der Waals surface area contributed by atoms with Crippen molar-refractivity contribution in [2.75, 3.05) is 25.0 Å². The van der Waals surface area contributed by atoms with Crippen molar-refractivity contribution >= 4 is 17.6 Å².